The summed E-state index contributed by atoms with van der Waals surface area (Å²) >= 11 is 6.22. The number of nitrogens with zero attached hydrogens (tertiary/aromatic N) is 6. The van der Waals surface area contributed by atoms with Crippen molar-refractivity contribution in [2.45, 2.75) is 25.8 Å². The van der Waals surface area contributed by atoms with Crippen LogP contribution in [0.2, 0.25) is 5.02 Å². The van der Waals surface area contributed by atoms with Crippen LogP contribution in [-0.4, -0.2) is 76.8 Å². The Kier molecular flexibility index (Phi) is 6.72. The first-order valence-electron chi connectivity index (χ1n) is 13.3. The molecule has 0 amide bonds. The van der Waals surface area contributed by atoms with Crippen LogP contribution in [0.5, 0.6) is 0 Å². The molecule has 0 saturated carbocycles. The van der Waals surface area contributed by atoms with Crippen LogP contribution in [0, 0.1) is 12.7 Å². The second kappa shape index (κ2) is 10.2. The third-order valence-corrected chi connectivity index (χ3v) is 8.34. The van der Waals surface area contributed by atoms with Crippen molar-refractivity contribution in [1.29, 1.82) is 0 Å². The Balaban J connectivity index is 1.28. The summed E-state index contributed by atoms with van der Waals surface area (Å²) in [6.45, 7) is 8.39. The maximum atomic E-state index is 15.2. The number of nitrogens with two attached hydrogens (primary N) is 1. The summed E-state index contributed by atoms with van der Waals surface area (Å²) in [5.74, 6) is 0.150. The molecule has 0 bridgehead atoms. The van der Waals surface area contributed by atoms with E-state index in [1.54, 1.807) is 16.8 Å². The van der Waals surface area contributed by atoms with Crippen LogP contribution in [0.25, 0.3) is 27.9 Å². The average molecular weight is 534 g/mol. The molecule has 2 aromatic carbocycles. The van der Waals surface area contributed by atoms with Crippen molar-refractivity contribution in [3.63, 3.8) is 0 Å². The van der Waals surface area contributed by atoms with E-state index in [9.17, 15) is 0 Å². The number of rotatable bonds is 4. The highest BCUT2D eigenvalue weighted by atomic mass is 35.5. The lowest BCUT2D eigenvalue weighted by atomic mass is 10.0. The van der Waals surface area contributed by atoms with E-state index in [0.29, 0.717) is 33.7 Å². The van der Waals surface area contributed by atoms with Gasteiger partial charge in [-0.05, 0) is 62.7 Å². The predicted octanol–water partition coefficient (Wildman–Crippen LogP) is 4.96. The molecule has 4 heterocycles. The third kappa shape index (κ3) is 4.61. The molecular formula is C29H33ClFN7. The van der Waals surface area contributed by atoms with Crippen LogP contribution in [0.3, 0.4) is 0 Å². The number of halogens is 2. The zero-order valence-corrected chi connectivity index (χ0v) is 22.6. The van der Waals surface area contributed by atoms with E-state index in [1.165, 1.54) is 0 Å². The highest BCUT2D eigenvalue weighted by Crippen LogP contribution is 2.36. The number of aryl methyl sites for hydroxylation is 1. The van der Waals surface area contributed by atoms with Gasteiger partial charge in [-0.15, -0.1) is 0 Å². The highest BCUT2D eigenvalue weighted by Gasteiger charge is 2.27. The summed E-state index contributed by atoms with van der Waals surface area (Å²) in [6, 6.07) is 13.5. The molecule has 0 atom stereocenters. The van der Waals surface area contributed by atoms with Gasteiger partial charge in [0.25, 0.3) is 0 Å². The number of aromatic nitrogens is 3. The van der Waals surface area contributed by atoms with Gasteiger partial charge in [0.2, 0.25) is 0 Å². The van der Waals surface area contributed by atoms with Gasteiger partial charge in [-0.1, -0.05) is 23.7 Å². The summed E-state index contributed by atoms with van der Waals surface area (Å²) in [7, 11) is 2.19. The van der Waals surface area contributed by atoms with E-state index in [0.717, 1.165) is 74.6 Å². The molecule has 2 N–H and O–H groups in total. The number of anilines is 2. The number of hydrogen-bond acceptors (Lipinski definition) is 6. The molecule has 198 valence electrons. The van der Waals surface area contributed by atoms with Crippen LogP contribution in [0.15, 0.2) is 48.7 Å². The summed E-state index contributed by atoms with van der Waals surface area (Å²) in [4.78, 5) is 12.2. The Morgan fingerprint density at radius 2 is 1.74 bits per heavy atom. The maximum Gasteiger partial charge on any atom is 0.165 e. The van der Waals surface area contributed by atoms with Gasteiger partial charge < -0.3 is 15.5 Å². The molecule has 2 saturated heterocycles. The minimum atomic E-state index is -0.298. The largest absolute Gasteiger partial charge is 0.383 e. The summed E-state index contributed by atoms with van der Waals surface area (Å²) in [5.41, 5.74) is 11.6. The van der Waals surface area contributed by atoms with E-state index >= 15 is 4.39 Å². The van der Waals surface area contributed by atoms with Gasteiger partial charge in [0, 0.05) is 72.7 Å². The van der Waals surface area contributed by atoms with Gasteiger partial charge in [-0.25, -0.2) is 9.37 Å². The van der Waals surface area contributed by atoms with Crippen LogP contribution in [-0.2, 0) is 0 Å². The van der Waals surface area contributed by atoms with E-state index in [4.69, 9.17) is 22.3 Å². The molecule has 4 aromatic rings. The van der Waals surface area contributed by atoms with E-state index < -0.39 is 0 Å². The molecule has 38 heavy (non-hydrogen) atoms. The van der Waals surface area contributed by atoms with Crippen molar-refractivity contribution in [1.82, 2.24) is 24.4 Å². The Morgan fingerprint density at radius 3 is 2.47 bits per heavy atom. The molecule has 2 aliphatic rings. The Bertz CT molecular complexity index is 1470. The Labute approximate surface area is 227 Å². The quantitative estimate of drug-likeness (QED) is 0.400. The number of benzene rings is 2. The zero-order valence-electron chi connectivity index (χ0n) is 21.9. The zero-order chi connectivity index (χ0) is 26.4. The number of piperazine rings is 1. The lowest BCUT2D eigenvalue weighted by Gasteiger charge is -2.42. The molecule has 0 spiro atoms. The van der Waals surface area contributed by atoms with Gasteiger partial charge in [-0.3, -0.25) is 4.90 Å². The van der Waals surface area contributed by atoms with Crippen LogP contribution < -0.4 is 10.6 Å². The SMILES string of the molecule is Cc1nc2c(-c3cc(N4CCC(N5CCN(C)CC5)CC4)ccc3F)cnn2c(N)c1-c1cccc(Cl)c1. The van der Waals surface area contributed by atoms with E-state index in [2.05, 4.69) is 26.8 Å². The second-order valence-electron chi connectivity index (χ2n) is 10.5. The van der Waals surface area contributed by atoms with Crippen molar-refractivity contribution in [2.75, 3.05) is 56.9 Å². The van der Waals surface area contributed by atoms with E-state index in [-0.39, 0.29) is 5.82 Å². The number of hydrogen-bond donors (Lipinski definition) is 1. The summed E-state index contributed by atoms with van der Waals surface area (Å²) in [6.07, 6.45) is 3.90. The maximum absolute atomic E-state index is 15.2. The molecule has 0 aliphatic carbocycles. The normalized spacial score (nSPS) is 17.9. The molecule has 0 unspecified atom stereocenters. The van der Waals surface area contributed by atoms with Crippen LogP contribution in [0.4, 0.5) is 15.9 Å². The third-order valence-electron chi connectivity index (χ3n) is 8.10. The van der Waals surface area contributed by atoms with Gasteiger partial charge in [0.1, 0.15) is 11.6 Å². The first kappa shape index (κ1) is 25.1. The number of fused-ring (bicyclic) bond motifs is 1. The Morgan fingerprint density at radius 1 is 0.974 bits per heavy atom. The second-order valence-corrected chi connectivity index (χ2v) is 10.9. The summed E-state index contributed by atoms with van der Waals surface area (Å²) < 4.78 is 16.8. The van der Waals surface area contributed by atoms with Crippen LogP contribution in [0.1, 0.15) is 18.5 Å². The fourth-order valence-electron chi connectivity index (χ4n) is 5.92. The first-order valence-corrected chi connectivity index (χ1v) is 13.6. The van der Waals surface area contributed by atoms with E-state index in [1.807, 2.05) is 43.3 Å². The minimum Gasteiger partial charge on any atom is -0.383 e. The lowest BCUT2D eigenvalue weighted by molar-refractivity contribution is 0.0982. The van der Waals surface area contributed by atoms with Crippen LogP contribution >= 0.6 is 11.6 Å². The van der Waals surface area contributed by atoms with Crippen molar-refractivity contribution in [3.8, 4) is 22.3 Å². The highest BCUT2D eigenvalue weighted by molar-refractivity contribution is 6.30. The molecule has 2 fully saturated rings. The topological polar surface area (TPSA) is 65.9 Å². The molecular weight excluding hydrogens is 501 g/mol. The van der Waals surface area contributed by atoms with Gasteiger partial charge in [0.15, 0.2) is 5.65 Å². The standard InChI is InChI=1S/C29H33ClFN7/c1-19-27(20-4-3-5-21(30)16-20)28(32)38-29(34-19)25(18-33-38)24-17-23(6-7-26(24)31)36-10-8-22(9-11-36)37-14-12-35(2)13-15-37/h3-7,16-18,22H,8-15,32H2,1-2H3. The molecule has 9 heteroatoms. The summed E-state index contributed by atoms with van der Waals surface area (Å²) in [5, 5.41) is 5.12. The van der Waals surface area contributed by atoms with Gasteiger partial charge >= 0.3 is 0 Å². The van der Waals surface area contributed by atoms with Crippen molar-refractivity contribution in [2.24, 2.45) is 0 Å². The lowest BCUT2D eigenvalue weighted by Crippen LogP contribution is -2.52. The Hall–Kier alpha value is -3.20. The molecule has 2 aliphatic heterocycles. The molecule has 6 rings (SSSR count). The van der Waals surface area contributed by atoms with Gasteiger partial charge in [0.05, 0.1) is 11.9 Å². The first-order chi connectivity index (χ1) is 18.4. The fraction of sp³-hybridized carbons (Fsp3) is 0.379. The minimum absolute atomic E-state index is 0.298. The number of nitrogen functional groups attached to an aromatic ring is 1. The number of piperidine rings is 1. The van der Waals surface area contributed by atoms with Crippen molar-refractivity contribution >= 4 is 28.8 Å². The van der Waals surface area contributed by atoms with Crippen molar-refractivity contribution in [3.05, 3.63) is 65.2 Å². The molecule has 2 aromatic heterocycles. The smallest absolute Gasteiger partial charge is 0.165 e. The molecule has 0 radical (unpaired) electrons. The fourth-order valence-corrected chi connectivity index (χ4v) is 6.11. The monoisotopic (exact) mass is 533 g/mol. The average Bonchev–Trinajstić information content (AvgIpc) is 3.33. The predicted molar refractivity (Wildman–Crippen MR) is 152 cm³/mol. The molecule has 7 nitrogen and oxygen atoms in total. The van der Waals surface area contributed by atoms with Gasteiger partial charge in [-0.2, -0.15) is 9.61 Å². The number of likely N-dealkylation sites (N-methyl/N-ethyl adjacent to an activating group) is 1. The van der Waals surface area contributed by atoms with Crippen molar-refractivity contribution < 1.29 is 4.39 Å².